The number of methoxy groups -OCH3 is 1. The fourth-order valence-electron chi connectivity index (χ4n) is 4.44. The first-order valence-electron chi connectivity index (χ1n) is 8.04. The van der Waals surface area contributed by atoms with Gasteiger partial charge in [0.2, 0.25) is 0 Å². The molecule has 2 aliphatic rings. The van der Waals surface area contributed by atoms with Gasteiger partial charge in [-0.15, -0.1) is 0 Å². The van der Waals surface area contributed by atoms with Gasteiger partial charge in [-0.2, -0.15) is 0 Å². The average molecular weight is 287 g/mol. The lowest BCUT2D eigenvalue weighted by molar-refractivity contribution is -0.141. The van der Waals surface area contributed by atoms with Crippen LogP contribution in [0.15, 0.2) is 30.3 Å². The minimum atomic E-state index is -0.0791. The van der Waals surface area contributed by atoms with Crippen molar-refractivity contribution < 1.29 is 9.53 Å². The average Bonchev–Trinajstić information content (AvgIpc) is 2.77. The number of ether oxygens (including phenoxy) is 1. The molecule has 0 unspecified atom stereocenters. The van der Waals surface area contributed by atoms with E-state index in [9.17, 15) is 4.79 Å². The van der Waals surface area contributed by atoms with E-state index >= 15 is 0 Å². The van der Waals surface area contributed by atoms with Crippen LogP contribution in [0.4, 0.5) is 0 Å². The summed E-state index contributed by atoms with van der Waals surface area (Å²) in [6.07, 6.45) is 5.28. The van der Waals surface area contributed by atoms with E-state index in [1.54, 1.807) is 0 Å². The largest absolute Gasteiger partial charge is 0.469 e. The van der Waals surface area contributed by atoms with Crippen molar-refractivity contribution in [2.45, 2.75) is 50.1 Å². The molecule has 2 bridgehead atoms. The monoisotopic (exact) mass is 287 g/mol. The second kappa shape index (κ2) is 6.18. The van der Waals surface area contributed by atoms with Crippen molar-refractivity contribution >= 4 is 5.97 Å². The van der Waals surface area contributed by atoms with Gasteiger partial charge in [0.15, 0.2) is 0 Å². The smallest absolute Gasteiger partial charge is 0.305 e. The third-order valence-corrected chi connectivity index (χ3v) is 5.57. The molecule has 0 saturated carbocycles. The first kappa shape index (κ1) is 14.6. The maximum Gasteiger partial charge on any atom is 0.305 e. The van der Waals surface area contributed by atoms with E-state index in [1.165, 1.54) is 31.9 Å². The number of carbonyl (C=O) groups excluding carboxylic acids is 1. The van der Waals surface area contributed by atoms with Crippen LogP contribution >= 0.6 is 0 Å². The summed E-state index contributed by atoms with van der Waals surface area (Å²) >= 11 is 0. The first-order valence-corrected chi connectivity index (χ1v) is 8.04. The molecule has 21 heavy (non-hydrogen) atoms. The Morgan fingerprint density at radius 1 is 1.29 bits per heavy atom. The zero-order chi connectivity index (χ0) is 14.8. The predicted molar refractivity (Wildman–Crippen MR) is 83.1 cm³/mol. The Morgan fingerprint density at radius 3 is 2.76 bits per heavy atom. The number of carbonyl (C=O) groups is 1. The van der Waals surface area contributed by atoms with Crippen LogP contribution in [0.25, 0.3) is 0 Å². The zero-order valence-corrected chi connectivity index (χ0v) is 13.0. The Bertz CT molecular complexity index is 487. The van der Waals surface area contributed by atoms with Gasteiger partial charge in [-0.3, -0.25) is 4.79 Å². The number of rotatable bonds is 4. The molecule has 114 valence electrons. The molecule has 0 aromatic heterocycles. The molecular weight excluding hydrogens is 262 g/mol. The molecule has 0 N–H and O–H groups in total. The van der Waals surface area contributed by atoms with E-state index in [4.69, 9.17) is 4.74 Å². The Balaban J connectivity index is 1.81. The lowest BCUT2D eigenvalue weighted by atomic mass is 9.74. The number of piperidine rings is 1. The van der Waals surface area contributed by atoms with E-state index in [1.807, 2.05) is 0 Å². The summed E-state index contributed by atoms with van der Waals surface area (Å²) in [5.74, 6) is 1.07. The summed E-state index contributed by atoms with van der Waals surface area (Å²) < 4.78 is 4.84. The Labute approximate surface area is 127 Å². The maximum atomic E-state index is 11.5. The van der Waals surface area contributed by atoms with Crippen LogP contribution in [0.2, 0.25) is 0 Å². The van der Waals surface area contributed by atoms with Gasteiger partial charge in [0.25, 0.3) is 0 Å². The summed E-state index contributed by atoms with van der Waals surface area (Å²) in [5.41, 5.74) is 1.44. The molecule has 2 fully saturated rings. The molecule has 0 aliphatic carbocycles. The van der Waals surface area contributed by atoms with Crippen molar-refractivity contribution in [3.63, 3.8) is 0 Å². The lowest BCUT2D eigenvalue weighted by Gasteiger charge is -2.43. The summed E-state index contributed by atoms with van der Waals surface area (Å²) in [4.78, 5) is 14.1. The molecule has 3 rings (SSSR count). The molecule has 4 atom stereocenters. The molecule has 0 amide bonds. The van der Waals surface area contributed by atoms with Gasteiger partial charge >= 0.3 is 5.97 Å². The van der Waals surface area contributed by atoms with Crippen molar-refractivity contribution in [3.05, 3.63) is 35.9 Å². The number of fused-ring (bicyclic) bond motifs is 2. The third kappa shape index (κ3) is 2.84. The fourth-order valence-corrected chi connectivity index (χ4v) is 4.44. The molecule has 0 radical (unpaired) electrons. The molecule has 3 nitrogen and oxygen atoms in total. The van der Waals surface area contributed by atoms with Gasteiger partial charge in [-0.1, -0.05) is 30.3 Å². The van der Waals surface area contributed by atoms with Gasteiger partial charge in [0.05, 0.1) is 7.11 Å². The van der Waals surface area contributed by atoms with E-state index in [2.05, 4.69) is 42.3 Å². The lowest BCUT2D eigenvalue weighted by Crippen LogP contribution is -2.45. The SMILES string of the molecule is COC(=O)CC[C@H]1[C@@H](c2ccccc2)C[C@@H]2CC[C@H]1N2C. The summed E-state index contributed by atoms with van der Waals surface area (Å²) in [7, 11) is 3.74. The van der Waals surface area contributed by atoms with Gasteiger partial charge in [-0.05, 0) is 50.1 Å². The highest BCUT2D eigenvalue weighted by Crippen LogP contribution is 2.47. The molecule has 2 heterocycles. The second-order valence-corrected chi connectivity index (χ2v) is 6.50. The highest BCUT2D eigenvalue weighted by atomic mass is 16.5. The normalized spacial score (nSPS) is 32.1. The summed E-state index contributed by atoms with van der Waals surface area (Å²) in [5, 5.41) is 0. The van der Waals surface area contributed by atoms with Crippen LogP contribution < -0.4 is 0 Å². The van der Waals surface area contributed by atoms with Gasteiger partial charge < -0.3 is 9.64 Å². The Kier molecular flexibility index (Phi) is 4.29. The van der Waals surface area contributed by atoms with Gasteiger partial charge in [0.1, 0.15) is 0 Å². The van der Waals surface area contributed by atoms with E-state index in [-0.39, 0.29) is 5.97 Å². The van der Waals surface area contributed by atoms with Crippen LogP contribution in [-0.2, 0) is 9.53 Å². The van der Waals surface area contributed by atoms with Crippen LogP contribution in [0.3, 0.4) is 0 Å². The summed E-state index contributed by atoms with van der Waals surface area (Å²) in [6.45, 7) is 0. The number of hydrogen-bond donors (Lipinski definition) is 0. The second-order valence-electron chi connectivity index (χ2n) is 6.50. The first-order chi connectivity index (χ1) is 10.2. The zero-order valence-electron chi connectivity index (χ0n) is 13.0. The Morgan fingerprint density at radius 2 is 2.05 bits per heavy atom. The molecular formula is C18H25NO2. The minimum Gasteiger partial charge on any atom is -0.469 e. The van der Waals surface area contributed by atoms with Crippen molar-refractivity contribution in [2.75, 3.05) is 14.2 Å². The van der Waals surface area contributed by atoms with Crippen molar-refractivity contribution in [1.82, 2.24) is 4.90 Å². The van der Waals surface area contributed by atoms with Crippen LogP contribution in [0, 0.1) is 5.92 Å². The highest BCUT2D eigenvalue weighted by molar-refractivity contribution is 5.69. The molecule has 2 aliphatic heterocycles. The highest BCUT2D eigenvalue weighted by Gasteiger charge is 2.45. The number of benzene rings is 1. The third-order valence-electron chi connectivity index (χ3n) is 5.57. The quantitative estimate of drug-likeness (QED) is 0.796. The molecule has 1 aromatic carbocycles. The summed E-state index contributed by atoms with van der Waals surface area (Å²) in [6, 6.07) is 12.2. The minimum absolute atomic E-state index is 0.0791. The van der Waals surface area contributed by atoms with E-state index < -0.39 is 0 Å². The van der Waals surface area contributed by atoms with E-state index in [0.717, 1.165) is 12.5 Å². The van der Waals surface area contributed by atoms with E-state index in [0.29, 0.717) is 24.3 Å². The maximum absolute atomic E-state index is 11.5. The van der Waals surface area contributed by atoms with Crippen LogP contribution in [0.1, 0.15) is 43.6 Å². The molecule has 1 aromatic rings. The number of nitrogens with zero attached hydrogens (tertiary/aromatic N) is 1. The number of hydrogen-bond acceptors (Lipinski definition) is 3. The van der Waals surface area contributed by atoms with Crippen molar-refractivity contribution in [1.29, 1.82) is 0 Å². The molecule has 3 heteroatoms. The fraction of sp³-hybridized carbons (Fsp3) is 0.611. The predicted octanol–water partition coefficient (Wildman–Crippen LogP) is 3.21. The van der Waals surface area contributed by atoms with Crippen molar-refractivity contribution in [2.24, 2.45) is 5.92 Å². The topological polar surface area (TPSA) is 29.5 Å². The molecule has 0 spiro atoms. The van der Waals surface area contributed by atoms with Gasteiger partial charge in [-0.25, -0.2) is 0 Å². The van der Waals surface area contributed by atoms with Crippen LogP contribution in [0.5, 0.6) is 0 Å². The van der Waals surface area contributed by atoms with Crippen LogP contribution in [-0.4, -0.2) is 37.1 Å². The molecule has 2 saturated heterocycles. The Hall–Kier alpha value is -1.35. The van der Waals surface area contributed by atoms with Crippen molar-refractivity contribution in [3.8, 4) is 0 Å². The standard InChI is InChI=1S/C18H25NO2/c1-19-14-8-10-17(19)15(9-11-18(20)21-2)16(12-14)13-6-4-3-5-7-13/h3-7,14-17H,8-12H2,1-2H3/t14-,15-,16+,17+/m0/s1. The number of esters is 1. The van der Waals surface area contributed by atoms with Gasteiger partial charge in [0, 0.05) is 18.5 Å².